The highest BCUT2D eigenvalue weighted by molar-refractivity contribution is 7.52. The first-order chi connectivity index (χ1) is 11.7. The van der Waals surface area contributed by atoms with Gasteiger partial charge in [0.05, 0.1) is 4.92 Å². The first kappa shape index (κ1) is 20.6. The van der Waals surface area contributed by atoms with Crippen LogP contribution in [0.3, 0.4) is 0 Å². The van der Waals surface area contributed by atoms with E-state index in [9.17, 15) is 28.5 Å². The summed E-state index contributed by atoms with van der Waals surface area (Å²) in [6.45, 7) is 2.41. The molecule has 0 aliphatic heterocycles. The van der Waals surface area contributed by atoms with E-state index in [1.165, 1.54) is 12.1 Å². The van der Waals surface area contributed by atoms with E-state index in [4.69, 9.17) is 0 Å². The normalized spacial score (nSPS) is 10.6. The van der Waals surface area contributed by atoms with Crippen LogP contribution >= 0.6 is 7.60 Å². The molecular weight excluding hydrogens is 359 g/mol. The summed E-state index contributed by atoms with van der Waals surface area (Å²) in [5.74, 6) is -0.331. The molecule has 10 heteroatoms. The number of benzene rings is 2. The number of carbonyl (C=O) groups is 1. The highest BCUT2D eigenvalue weighted by Crippen LogP contribution is 2.44. The maximum absolute atomic E-state index is 12.2. The van der Waals surface area contributed by atoms with Crippen molar-refractivity contribution in [3.8, 4) is 0 Å². The molecule has 0 spiro atoms. The van der Waals surface area contributed by atoms with Gasteiger partial charge in [0.25, 0.3) is 5.69 Å². The number of rotatable bonds is 5. The van der Waals surface area contributed by atoms with Gasteiger partial charge < -0.3 is 0 Å². The van der Waals surface area contributed by atoms with Crippen LogP contribution in [-0.2, 0) is 14.0 Å². The fourth-order valence-corrected chi connectivity index (χ4v) is 1.76. The van der Waals surface area contributed by atoms with Crippen molar-refractivity contribution in [3.05, 3.63) is 75.3 Å². The Kier molecular flexibility index (Phi) is 7.50. The topological polar surface area (TPSA) is 95.7 Å². The van der Waals surface area contributed by atoms with E-state index in [2.05, 4.69) is 9.46 Å². The van der Waals surface area contributed by atoms with Crippen LogP contribution in [0.1, 0.15) is 21.5 Å². The number of ketones is 1. The largest absolute Gasteiger partial charge is 0.392 e. The molecule has 0 amide bonds. The van der Waals surface area contributed by atoms with Gasteiger partial charge in [-0.3, -0.25) is 19.5 Å². The van der Waals surface area contributed by atoms with Crippen molar-refractivity contribution in [1.29, 1.82) is 0 Å². The van der Waals surface area contributed by atoms with Crippen molar-refractivity contribution in [2.75, 3.05) is 6.66 Å². The molecule has 2 aromatic carbocycles. The Hall–Kier alpha value is -2.48. The van der Waals surface area contributed by atoms with E-state index in [1.54, 1.807) is 43.3 Å². The van der Waals surface area contributed by atoms with Gasteiger partial charge in [0, 0.05) is 18.3 Å². The molecule has 25 heavy (non-hydrogen) atoms. The molecule has 0 aromatic heterocycles. The Morgan fingerprint density at radius 1 is 1.12 bits per heavy atom. The summed E-state index contributed by atoms with van der Waals surface area (Å²) in [6, 6.07) is 13.2. The molecule has 0 unspecified atom stereocenters. The molecule has 0 N–H and O–H groups in total. The molecule has 0 saturated heterocycles. The van der Waals surface area contributed by atoms with E-state index in [1.807, 2.05) is 0 Å². The van der Waals surface area contributed by atoms with Gasteiger partial charge >= 0.3 is 7.60 Å². The van der Waals surface area contributed by atoms with Crippen molar-refractivity contribution < 1.29 is 32.8 Å². The zero-order valence-electron chi connectivity index (χ0n) is 13.2. The third kappa shape index (κ3) is 6.15. The van der Waals surface area contributed by atoms with Gasteiger partial charge in [0.2, 0.25) is 0 Å². The lowest BCUT2D eigenvalue weighted by Gasteiger charge is -2.03. The smallest absolute Gasteiger partial charge is 0.288 e. The first-order valence-electron chi connectivity index (χ1n) is 6.75. The molecule has 2 rings (SSSR count). The SMILES string of the molecule is CP(=O)(OF)OF.Cc1ccc(C(=O)c2ccccc2)c([N+](=O)[O-])c1. The standard InChI is InChI=1S/C14H11NO3.CH3F2O3P/c1-10-7-8-12(13(9-10)15(17)18)14(16)11-5-3-2-4-6-11;1-7(4,5-2)6-3/h2-9H,1H3;1H3. The maximum Gasteiger partial charge on any atom is 0.392 e. The first-order valence-corrected chi connectivity index (χ1v) is 8.74. The minimum atomic E-state index is -3.99. The predicted molar refractivity (Wildman–Crippen MR) is 85.6 cm³/mol. The fraction of sp³-hybridized carbons (Fsp3) is 0.133. The number of hydrogen-bond donors (Lipinski definition) is 0. The number of aryl methyl sites for hydroxylation is 1. The van der Waals surface area contributed by atoms with Crippen LogP contribution in [0.2, 0.25) is 0 Å². The second-order valence-electron chi connectivity index (χ2n) is 4.88. The summed E-state index contributed by atoms with van der Waals surface area (Å²) in [7, 11) is -3.99. The van der Waals surface area contributed by atoms with Crippen molar-refractivity contribution in [2.45, 2.75) is 6.92 Å². The fourth-order valence-electron chi connectivity index (χ4n) is 1.74. The van der Waals surface area contributed by atoms with Crippen LogP contribution in [-0.4, -0.2) is 17.4 Å². The Balaban J connectivity index is 0.000000381. The molecule has 0 saturated carbocycles. The summed E-state index contributed by atoms with van der Waals surface area (Å²) in [5.41, 5.74) is 1.18. The van der Waals surface area contributed by atoms with Crippen molar-refractivity contribution in [3.63, 3.8) is 0 Å². The number of nitro benzene ring substituents is 1. The van der Waals surface area contributed by atoms with Crippen molar-refractivity contribution in [1.82, 2.24) is 0 Å². The van der Waals surface area contributed by atoms with Gasteiger partial charge in [-0.1, -0.05) is 36.4 Å². The molecule has 2 aromatic rings. The van der Waals surface area contributed by atoms with Crippen LogP contribution in [0.5, 0.6) is 0 Å². The highest BCUT2D eigenvalue weighted by Gasteiger charge is 2.21. The molecule has 0 atom stereocenters. The van der Waals surface area contributed by atoms with Gasteiger partial charge in [-0.05, 0) is 27.6 Å². The van der Waals surface area contributed by atoms with E-state index < -0.39 is 12.5 Å². The third-order valence-corrected chi connectivity index (χ3v) is 3.38. The molecule has 0 fully saturated rings. The molecule has 0 radical (unpaired) electrons. The summed E-state index contributed by atoms with van der Waals surface area (Å²) < 4.78 is 36.1. The molecule has 134 valence electrons. The number of nitrogens with zero attached hydrogens (tertiary/aromatic N) is 1. The quantitative estimate of drug-likeness (QED) is 0.325. The number of halogens is 2. The molecule has 0 aliphatic rings. The van der Waals surface area contributed by atoms with Crippen LogP contribution < -0.4 is 0 Å². The van der Waals surface area contributed by atoms with Gasteiger partial charge in [0.15, 0.2) is 5.78 Å². The van der Waals surface area contributed by atoms with Gasteiger partial charge in [-0.2, -0.15) is 0 Å². The van der Waals surface area contributed by atoms with Gasteiger partial charge in [-0.15, -0.1) is 9.46 Å². The van der Waals surface area contributed by atoms with Crippen LogP contribution in [0.25, 0.3) is 0 Å². The Bertz CT molecular complexity index is 792. The van der Waals surface area contributed by atoms with Crippen LogP contribution in [0.4, 0.5) is 14.7 Å². The van der Waals surface area contributed by atoms with E-state index in [0.29, 0.717) is 12.2 Å². The van der Waals surface area contributed by atoms with Gasteiger partial charge in [0.1, 0.15) is 5.56 Å². The Morgan fingerprint density at radius 3 is 2.12 bits per heavy atom. The summed E-state index contributed by atoms with van der Waals surface area (Å²) in [6.07, 6.45) is 0. The van der Waals surface area contributed by atoms with Crippen molar-refractivity contribution >= 4 is 19.1 Å². The zero-order chi connectivity index (χ0) is 19.0. The minimum absolute atomic E-state index is 0.122. The Labute approximate surface area is 141 Å². The second-order valence-corrected chi connectivity index (χ2v) is 6.70. The molecule has 0 bridgehead atoms. The highest BCUT2D eigenvalue weighted by atomic mass is 31.2. The summed E-state index contributed by atoms with van der Waals surface area (Å²) in [5, 5.41) is 11.0. The van der Waals surface area contributed by atoms with Gasteiger partial charge in [-0.25, -0.2) is 0 Å². The molecular formula is C15H14F2NO6P. The van der Waals surface area contributed by atoms with E-state index in [-0.39, 0.29) is 17.0 Å². The lowest BCUT2D eigenvalue weighted by atomic mass is 10.0. The predicted octanol–water partition coefficient (Wildman–Crippen LogP) is 4.75. The third-order valence-electron chi connectivity index (χ3n) is 2.88. The van der Waals surface area contributed by atoms with Crippen LogP contribution in [0.15, 0.2) is 48.5 Å². The van der Waals surface area contributed by atoms with Crippen molar-refractivity contribution in [2.24, 2.45) is 0 Å². The minimum Gasteiger partial charge on any atom is -0.288 e. The lowest BCUT2D eigenvalue weighted by Crippen LogP contribution is -2.05. The van der Waals surface area contributed by atoms with E-state index >= 15 is 0 Å². The zero-order valence-corrected chi connectivity index (χ0v) is 14.1. The number of carbonyl (C=O) groups excluding carboxylic acids is 1. The second kappa shape index (κ2) is 9.12. The average molecular weight is 373 g/mol. The maximum atomic E-state index is 12.2. The average Bonchev–Trinajstić information content (AvgIpc) is 2.62. The lowest BCUT2D eigenvalue weighted by molar-refractivity contribution is -0.385. The number of hydrogen-bond acceptors (Lipinski definition) is 6. The van der Waals surface area contributed by atoms with Crippen LogP contribution in [0, 0.1) is 17.0 Å². The Morgan fingerprint density at radius 2 is 1.68 bits per heavy atom. The number of nitro groups is 1. The summed E-state index contributed by atoms with van der Waals surface area (Å²) >= 11 is 0. The monoisotopic (exact) mass is 373 g/mol. The molecule has 0 aliphatic carbocycles. The molecule has 0 heterocycles. The molecule has 7 nitrogen and oxygen atoms in total. The van der Waals surface area contributed by atoms with E-state index in [0.717, 1.165) is 5.56 Å². The summed E-state index contributed by atoms with van der Waals surface area (Å²) in [4.78, 5) is 22.6.